The largest absolute Gasteiger partial charge is 0.465 e. The van der Waals surface area contributed by atoms with Crippen LogP contribution in [0.15, 0.2) is 18.2 Å². The van der Waals surface area contributed by atoms with Gasteiger partial charge in [-0.2, -0.15) is 0 Å². The standard InChI is InChI=1S/C17H20F2N2O5/c18-12-8-11(9-13(19)10-12)14(2-1-7-22)20-15(23)17(26)3-5-21(6-4-17)16(24)25/h7-10,14,26H,1-6H2,(H,20,23)(H,24,25). The van der Waals surface area contributed by atoms with Crippen molar-refractivity contribution in [2.45, 2.75) is 37.3 Å². The molecule has 0 saturated carbocycles. The fraction of sp³-hybridized carbons (Fsp3) is 0.471. The number of nitrogens with one attached hydrogen (secondary N) is 1. The third-order valence-electron chi connectivity index (χ3n) is 4.45. The number of hydrogen-bond acceptors (Lipinski definition) is 4. The normalized spacial score (nSPS) is 17.4. The van der Waals surface area contributed by atoms with E-state index in [2.05, 4.69) is 5.32 Å². The molecule has 142 valence electrons. The number of hydrogen-bond donors (Lipinski definition) is 3. The summed E-state index contributed by atoms with van der Waals surface area (Å²) in [6.07, 6.45) is -0.545. The Morgan fingerprint density at radius 2 is 1.81 bits per heavy atom. The number of halogens is 2. The number of likely N-dealkylation sites (tertiary alicyclic amines) is 1. The van der Waals surface area contributed by atoms with Gasteiger partial charge in [0.2, 0.25) is 0 Å². The second-order valence-electron chi connectivity index (χ2n) is 6.27. The third kappa shape index (κ3) is 4.75. The number of nitrogens with zero attached hydrogens (tertiary/aromatic N) is 1. The summed E-state index contributed by atoms with van der Waals surface area (Å²) >= 11 is 0. The first-order valence-electron chi connectivity index (χ1n) is 8.16. The van der Waals surface area contributed by atoms with Crippen molar-refractivity contribution in [1.82, 2.24) is 10.2 Å². The van der Waals surface area contributed by atoms with Crippen LogP contribution in [0.3, 0.4) is 0 Å². The Bertz CT molecular complexity index is 669. The van der Waals surface area contributed by atoms with Gasteiger partial charge < -0.3 is 25.2 Å². The minimum absolute atomic E-state index is 0.00709. The highest BCUT2D eigenvalue weighted by Crippen LogP contribution is 2.26. The van der Waals surface area contributed by atoms with E-state index < -0.39 is 35.3 Å². The van der Waals surface area contributed by atoms with Gasteiger partial charge in [0, 0.05) is 38.4 Å². The predicted molar refractivity (Wildman–Crippen MR) is 86.3 cm³/mol. The van der Waals surface area contributed by atoms with Crippen LogP contribution in [0.1, 0.15) is 37.3 Å². The quantitative estimate of drug-likeness (QED) is 0.660. The minimum Gasteiger partial charge on any atom is -0.465 e. The lowest BCUT2D eigenvalue weighted by atomic mass is 9.89. The Balaban J connectivity index is 2.13. The molecule has 1 aromatic carbocycles. The summed E-state index contributed by atoms with van der Waals surface area (Å²) in [7, 11) is 0. The van der Waals surface area contributed by atoms with Crippen LogP contribution in [0.4, 0.5) is 13.6 Å². The lowest BCUT2D eigenvalue weighted by Gasteiger charge is -2.36. The summed E-state index contributed by atoms with van der Waals surface area (Å²) in [5.74, 6) is -2.40. The van der Waals surface area contributed by atoms with Crippen LogP contribution < -0.4 is 5.32 Å². The van der Waals surface area contributed by atoms with Crippen molar-refractivity contribution < 1.29 is 33.4 Å². The van der Waals surface area contributed by atoms with Gasteiger partial charge >= 0.3 is 6.09 Å². The van der Waals surface area contributed by atoms with E-state index in [4.69, 9.17) is 5.11 Å². The van der Waals surface area contributed by atoms with E-state index in [-0.39, 0.29) is 44.3 Å². The zero-order chi connectivity index (χ0) is 19.3. The van der Waals surface area contributed by atoms with Crippen LogP contribution in [-0.4, -0.2) is 52.1 Å². The van der Waals surface area contributed by atoms with E-state index in [0.29, 0.717) is 12.4 Å². The zero-order valence-corrected chi connectivity index (χ0v) is 14.0. The molecule has 2 amide bonds. The molecule has 1 atom stereocenters. The number of piperidine rings is 1. The molecular weight excluding hydrogens is 350 g/mol. The van der Waals surface area contributed by atoms with Crippen molar-refractivity contribution in [3.8, 4) is 0 Å². The molecule has 0 aliphatic carbocycles. The summed E-state index contributed by atoms with van der Waals surface area (Å²) < 4.78 is 26.9. The van der Waals surface area contributed by atoms with Gasteiger partial charge in [0.05, 0.1) is 6.04 Å². The molecular formula is C17H20F2N2O5. The maximum Gasteiger partial charge on any atom is 0.407 e. The first-order valence-corrected chi connectivity index (χ1v) is 8.16. The molecule has 1 unspecified atom stereocenters. The number of carboxylic acid groups (broad SMARTS) is 1. The first-order chi connectivity index (χ1) is 12.2. The molecule has 26 heavy (non-hydrogen) atoms. The molecule has 0 bridgehead atoms. The number of amides is 2. The molecule has 0 aromatic heterocycles. The lowest BCUT2D eigenvalue weighted by Crippen LogP contribution is -2.55. The second-order valence-corrected chi connectivity index (χ2v) is 6.27. The first kappa shape index (κ1) is 19.8. The molecule has 0 spiro atoms. The highest BCUT2D eigenvalue weighted by Gasteiger charge is 2.41. The molecule has 0 radical (unpaired) electrons. The van der Waals surface area contributed by atoms with Gasteiger partial charge in [-0.3, -0.25) is 4.79 Å². The Kier molecular flexibility index (Phi) is 6.25. The Labute approximate surface area is 148 Å². The van der Waals surface area contributed by atoms with Crippen LogP contribution in [0.2, 0.25) is 0 Å². The predicted octanol–water partition coefficient (Wildman–Crippen LogP) is 1.61. The van der Waals surface area contributed by atoms with Gasteiger partial charge in [0.1, 0.15) is 23.5 Å². The number of rotatable bonds is 6. The van der Waals surface area contributed by atoms with E-state index in [0.717, 1.165) is 17.0 Å². The van der Waals surface area contributed by atoms with E-state index >= 15 is 0 Å². The topological polar surface area (TPSA) is 107 Å². The van der Waals surface area contributed by atoms with E-state index in [1.807, 2.05) is 0 Å². The van der Waals surface area contributed by atoms with E-state index in [1.165, 1.54) is 0 Å². The maximum atomic E-state index is 13.5. The van der Waals surface area contributed by atoms with Crippen molar-refractivity contribution in [1.29, 1.82) is 0 Å². The van der Waals surface area contributed by atoms with E-state index in [9.17, 15) is 28.3 Å². The summed E-state index contributed by atoms with van der Waals surface area (Å²) in [6, 6.07) is 1.93. The average Bonchev–Trinajstić information content (AvgIpc) is 2.57. The SMILES string of the molecule is O=CCCC(NC(=O)C1(O)CCN(C(=O)O)CC1)c1cc(F)cc(F)c1. The average molecular weight is 370 g/mol. The number of carbonyl (C=O) groups is 3. The Morgan fingerprint density at radius 1 is 1.23 bits per heavy atom. The maximum absolute atomic E-state index is 13.5. The Morgan fingerprint density at radius 3 is 2.31 bits per heavy atom. The molecule has 3 N–H and O–H groups in total. The van der Waals surface area contributed by atoms with Crippen LogP contribution >= 0.6 is 0 Å². The highest BCUT2D eigenvalue weighted by molar-refractivity contribution is 5.85. The summed E-state index contributed by atoms with van der Waals surface area (Å²) in [4.78, 5) is 35.2. The van der Waals surface area contributed by atoms with Gasteiger partial charge in [0.25, 0.3) is 5.91 Å². The van der Waals surface area contributed by atoms with Crippen LogP contribution in [0.5, 0.6) is 0 Å². The monoisotopic (exact) mass is 370 g/mol. The lowest BCUT2D eigenvalue weighted by molar-refractivity contribution is -0.145. The molecule has 7 nitrogen and oxygen atoms in total. The van der Waals surface area contributed by atoms with Gasteiger partial charge in [-0.15, -0.1) is 0 Å². The van der Waals surface area contributed by atoms with Crippen molar-refractivity contribution in [3.05, 3.63) is 35.4 Å². The molecule has 1 aromatic rings. The summed E-state index contributed by atoms with van der Waals surface area (Å²) in [5.41, 5.74) is -1.64. The second kappa shape index (κ2) is 8.22. The number of benzene rings is 1. The van der Waals surface area contributed by atoms with Crippen molar-refractivity contribution in [3.63, 3.8) is 0 Å². The van der Waals surface area contributed by atoms with Gasteiger partial charge in [0.15, 0.2) is 0 Å². The fourth-order valence-electron chi connectivity index (χ4n) is 2.92. The third-order valence-corrected chi connectivity index (χ3v) is 4.45. The van der Waals surface area contributed by atoms with Crippen LogP contribution in [-0.2, 0) is 9.59 Å². The summed E-state index contributed by atoms with van der Waals surface area (Å²) in [5, 5.41) is 22.0. The zero-order valence-electron chi connectivity index (χ0n) is 14.0. The summed E-state index contributed by atoms with van der Waals surface area (Å²) in [6.45, 7) is -0.0142. The van der Waals surface area contributed by atoms with Gasteiger partial charge in [-0.05, 0) is 24.1 Å². The van der Waals surface area contributed by atoms with Gasteiger partial charge in [-0.25, -0.2) is 13.6 Å². The number of aldehydes is 1. The van der Waals surface area contributed by atoms with Crippen molar-refractivity contribution in [2.24, 2.45) is 0 Å². The van der Waals surface area contributed by atoms with Crippen molar-refractivity contribution >= 4 is 18.3 Å². The molecule has 9 heteroatoms. The molecule has 1 aliphatic rings. The van der Waals surface area contributed by atoms with Crippen molar-refractivity contribution in [2.75, 3.05) is 13.1 Å². The molecule has 1 aliphatic heterocycles. The number of carbonyl (C=O) groups excluding carboxylic acids is 2. The fourth-order valence-corrected chi connectivity index (χ4v) is 2.92. The molecule has 1 saturated heterocycles. The Hall–Kier alpha value is -2.55. The smallest absolute Gasteiger partial charge is 0.407 e. The molecule has 2 rings (SSSR count). The molecule has 1 fully saturated rings. The van der Waals surface area contributed by atoms with Crippen LogP contribution in [0, 0.1) is 11.6 Å². The van der Waals surface area contributed by atoms with Crippen LogP contribution in [0.25, 0.3) is 0 Å². The molecule has 1 heterocycles. The van der Waals surface area contributed by atoms with E-state index in [1.54, 1.807) is 0 Å². The number of aliphatic hydroxyl groups is 1. The van der Waals surface area contributed by atoms with Gasteiger partial charge in [-0.1, -0.05) is 0 Å². The minimum atomic E-state index is -1.78. The highest BCUT2D eigenvalue weighted by atomic mass is 19.1.